The lowest BCUT2D eigenvalue weighted by Crippen LogP contribution is -2.47. The van der Waals surface area contributed by atoms with Crippen LogP contribution < -0.4 is 0 Å². The van der Waals surface area contributed by atoms with Crippen LogP contribution in [-0.4, -0.2) is 46.8 Å². The summed E-state index contributed by atoms with van der Waals surface area (Å²) >= 11 is 1.36. The normalized spacial score (nSPS) is 17.2. The van der Waals surface area contributed by atoms with Crippen LogP contribution in [0.15, 0.2) is 30.3 Å². The van der Waals surface area contributed by atoms with Crippen molar-refractivity contribution in [1.82, 2.24) is 4.90 Å². The van der Waals surface area contributed by atoms with Crippen LogP contribution in [0.3, 0.4) is 0 Å². The van der Waals surface area contributed by atoms with Gasteiger partial charge in [0.2, 0.25) is 5.78 Å². The van der Waals surface area contributed by atoms with Crippen LogP contribution in [0.25, 0.3) is 0 Å². The van der Waals surface area contributed by atoms with Gasteiger partial charge in [0.25, 0.3) is 5.91 Å². The standard InChI is InChI=1S/C20H27NO4S/c1-4-20(2,3)16(22)17(23)21-12-14-26-18(21)19(24)25-13-8-11-15-9-6-5-7-10-15/h5-7,9-10,18H,4,8,11-14H2,1-3H3/t18-/m1/s1. The van der Waals surface area contributed by atoms with Crippen molar-refractivity contribution in [3.63, 3.8) is 0 Å². The number of carbonyl (C=O) groups is 3. The summed E-state index contributed by atoms with van der Waals surface area (Å²) < 4.78 is 5.35. The summed E-state index contributed by atoms with van der Waals surface area (Å²) in [5.74, 6) is -0.816. The van der Waals surface area contributed by atoms with Gasteiger partial charge in [-0.15, -0.1) is 11.8 Å². The lowest BCUT2D eigenvalue weighted by Gasteiger charge is -2.26. The zero-order valence-electron chi connectivity index (χ0n) is 15.7. The van der Waals surface area contributed by atoms with Crippen molar-refractivity contribution < 1.29 is 19.1 Å². The molecule has 5 nitrogen and oxygen atoms in total. The second-order valence-electron chi connectivity index (χ2n) is 7.04. The summed E-state index contributed by atoms with van der Waals surface area (Å²) in [4.78, 5) is 38.7. The molecule has 0 aliphatic carbocycles. The molecular weight excluding hydrogens is 350 g/mol. The molecule has 0 N–H and O–H groups in total. The summed E-state index contributed by atoms with van der Waals surface area (Å²) in [6.07, 6.45) is 2.13. The summed E-state index contributed by atoms with van der Waals surface area (Å²) in [5.41, 5.74) is 0.483. The molecule has 1 fully saturated rings. The Hall–Kier alpha value is -1.82. The molecule has 1 aliphatic rings. The number of amides is 1. The number of hydrogen-bond donors (Lipinski definition) is 0. The van der Waals surface area contributed by atoms with Gasteiger partial charge in [0.15, 0.2) is 5.37 Å². The first-order valence-corrected chi connectivity index (χ1v) is 10.1. The van der Waals surface area contributed by atoms with E-state index in [1.165, 1.54) is 22.2 Å². The number of aryl methyl sites for hydroxylation is 1. The van der Waals surface area contributed by atoms with E-state index in [0.717, 1.165) is 12.8 Å². The van der Waals surface area contributed by atoms with E-state index in [0.29, 0.717) is 25.3 Å². The van der Waals surface area contributed by atoms with Gasteiger partial charge < -0.3 is 9.64 Å². The van der Waals surface area contributed by atoms with Gasteiger partial charge in [-0.1, -0.05) is 51.1 Å². The molecule has 1 aliphatic heterocycles. The molecule has 0 aromatic heterocycles. The number of nitrogens with zero attached hydrogens (tertiary/aromatic N) is 1. The van der Waals surface area contributed by atoms with Gasteiger partial charge in [0.05, 0.1) is 6.61 Å². The highest BCUT2D eigenvalue weighted by atomic mass is 32.2. The van der Waals surface area contributed by atoms with E-state index in [-0.39, 0.29) is 0 Å². The molecule has 142 valence electrons. The van der Waals surface area contributed by atoms with E-state index in [2.05, 4.69) is 0 Å². The van der Waals surface area contributed by atoms with E-state index in [9.17, 15) is 14.4 Å². The Balaban J connectivity index is 1.85. The first-order chi connectivity index (χ1) is 12.4. The molecule has 1 saturated heterocycles. The molecule has 1 aromatic rings. The smallest absolute Gasteiger partial charge is 0.339 e. The highest BCUT2D eigenvalue weighted by molar-refractivity contribution is 8.00. The van der Waals surface area contributed by atoms with Crippen LogP contribution in [0.2, 0.25) is 0 Å². The molecule has 1 aromatic carbocycles. The summed E-state index contributed by atoms with van der Waals surface area (Å²) in [6.45, 7) is 6.10. The minimum absolute atomic E-state index is 0.307. The van der Waals surface area contributed by atoms with Gasteiger partial charge in [0.1, 0.15) is 0 Å². The highest BCUT2D eigenvalue weighted by Gasteiger charge is 2.42. The van der Waals surface area contributed by atoms with Crippen molar-refractivity contribution in [1.29, 1.82) is 0 Å². The molecule has 1 heterocycles. The molecule has 0 bridgehead atoms. The zero-order valence-corrected chi connectivity index (χ0v) is 16.5. The Bertz CT molecular complexity index is 644. The number of thioether (sulfide) groups is 1. The Kier molecular flexibility index (Phi) is 7.26. The van der Waals surface area contributed by atoms with Crippen molar-refractivity contribution >= 4 is 29.4 Å². The predicted octanol–water partition coefficient (Wildman–Crippen LogP) is 3.07. The maximum atomic E-state index is 12.5. The van der Waals surface area contributed by atoms with Gasteiger partial charge >= 0.3 is 5.97 Å². The lowest BCUT2D eigenvalue weighted by molar-refractivity contribution is -0.155. The summed E-state index contributed by atoms with van der Waals surface area (Å²) in [5, 5.41) is -0.712. The average Bonchev–Trinajstić information content (AvgIpc) is 3.14. The second kappa shape index (κ2) is 9.21. The van der Waals surface area contributed by atoms with E-state index in [4.69, 9.17) is 4.74 Å². The number of Topliss-reactive ketones (excluding diaryl/α,β-unsaturated/α-hetero) is 1. The van der Waals surface area contributed by atoms with E-state index in [1.54, 1.807) is 13.8 Å². The summed E-state index contributed by atoms with van der Waals surface area (Å²) in [6, 6.07) is 10.0. The highest BCUT2D eigenvalue weighted by Crippen LogP contribution is 2.28. The molecule has 0 unspecified atom stereocenters. The minimum Gasteiger partial charge on any atom is -0.464 e. The van der Waals surface area contributed by atoms with Crippen molar-refractivity contribution in [2.24, 2.45) is 5.41 Å². The molecule has 0 radical (unpaired) electrons. The van der Waals surface area contributed by atoms with Gasteiger partial charge in [0, 0.05) is 17.7 Å². The van der Waals surface area contributed by atoms with Crippen molar-refractivity contribution in [2.45, 2.75) is 45.4 Å². The van der Waals surface area contributed by atoms with Gasteiger partial charge in [-0.3, -0.25) is 9.59 Å². The van der Waals surface area contributed by atoms with E-state index >= 15 is 0 Å². The number of hydrogen-bond acceptors (Lipinski definition) is 5. The quantitative estimate of drug-likeness (QED) is 0.396. The molecule has 0 spiro atoms. The minimum atomic E-state index is -0.714. The third-order valence-electron chi connectivity index (χ3n) is 4.74. The predicted molar refractivity (Wildman–Crippen MR) is 103 cm³/mol. The Morgan fingerprint density at radius 1 is 1.23 bits per heavy atom. The number of carbonyl (C=O) groups excluding carboxylic acids is 3. The van der Waals surface area contributed by atoms with Gasteiger partial charge in [-0.05, 0) is 24.8 Å². The number of benzene rings is 1. The Morgan fingerprint density at radius 2 is 1.92 bits per heavy atom. The molecule has 1 amide bonds. The molecule has 0 saturated carbocycles. The molecule has 2 rings (SSSR count). The fourth-order valence-corrected chi connectivity index (χ4v) is 3.73. The van der Waals surface area contributed by atoms with Crippen LogP contribution in [0.4, 0.5) is 0 Å². The monoisotopic (exact) mass is 377 g/mol. The van der Waals surface area contributed by atoms with Crippen molar-refractivity contribution in [3.8, 4) is 0 Å². The van der Waals surface area contributed by atoms with Crippen LogP contribution >= 0.6 is 11.8 Å². The molecule has 26 heavy (non-hydrogen) atoms. The van der Waals surface area contributed by atoms with Crippen LogP contribution in [-0.2, 0) is 25.5 Å². The SMILES string of the molecule is CCC(C)(C)C(=O)C(=O)N1CCS[C@@H]1C(=O)OCCCc1ccccc1. The third-order valence-corrected chi connectivity index (χ3v) is 5.92. The number of esters is 1. The molecule has 1 atom stereocenters. The number of rotatable bonds is 8. The van der Waals surface area contributed by atoms with Gasteiger partial charge in [-0.2, -0.15) is 0 Å². The maximum Gasteiger partial charge on any atom is 0.339 e. The second-order valence-corrected chi connectivity index (χ2v) is 8.23. The Labute approximate surface area is 159 Å². The van der Waals surface area contributed by atoms with E-state index < -0.39 is 28.4 Å². The largest absolute Gasteiger partial charge is 0.464 e. The van der Waals surface area contributed by atoms with Gasteiger partial charge in [-0.25, -0.2) is 4.79 Å². The first kappa shape index (κ1) is 20.5. The van der Waals surface area contributed by atoms with Crippen LogP contribution in [0, 0.1) is 5.41 Å². The van der Waals surface area contributed by atoms with E-state index in [1.807, 2.05) is 37.3 Å². The average molecular weight is 378 g/mol. The number of ether oxygens (including phenoxy) is 1. The third kappa shape index (κ3) is 5.10. The van der Waals surface area contributed by atoms with Crippen molar-refractivity contribution in [3.05, 3.63) is 35.9 Å². The van der Waals surface area contributed by atoms with Crippen LogP contribution in [0.5, 0.6) is 0 Å². The lowest BCUT2D eigenvalue weighted by atomic mass is 9.84. The fourth-order valence-electron chi connectivity index (χ4n) is 2.62. The number of ketones is 1. The topological polar surface area (TPSA) is 63.7 Å². The zero-order chi connectivity index (χ0) is 19.2. The summed E-state index contributed by atoms with van der Waals surface area (Å²) in [7, 11) is 0. The fraction of sp³-hybridized carbons (Fsp3) is 0.550. The maximum absolute atomic E-state index is 12.5. The molecule has 6 heteroatoms. The molecular formula is C20H27NO4S. The van der Waals surface area contributed by atoms with Crippen LogP contribution in [0.1, 0.15) is 39.2 Å². The Morgan fingerprint density at radius 3 is 2.58 bits per heavy atom. The first-order valence-electron chi connectivity index (χ1n) is 9.04. The van der Waals surface area contributed by atoms with Crippen molar-refractivity contribution in [2.75, 3.05) is 18.9 Å².